The standard InChI is InChI=1S/C20H21NO4/c1-25-16-9-6-14(7-10-16)8-11-18(22)21-13-12-15-4-2-3-5-17(15)19(21)20(23)24/h2-7,9-10,19H,8,11-13H2,1H3,(H,23,24). The number of benzene rings is 2. The van der Waals surface area contributed by atoms with Gasteiger partial charge in [0, 0.05) is 13.0 Å². The fourth-order valence-corrected chi connectivity index (χ4v) is 3.29. The highest BCUT2D eigenvalue weighted by Crippen LogP contribution is 2.30. The minimum Gasteiger partial charge on any atom is -0.497 e. The lowest BCUT2D eigenvalue weighted by atomic mass is 9.92. The number of carbonyl (C=O) groups is 2. The smallest absolute Gasteiger partial charge is 0.331 e. The number of nitrogens with zero attached hydrogens (tertiary/aromatic N) is 1. The van der Waals surface area contributed by atoms with Gasteiger partial charge in [-0.1, -0.05) is 36.4 Å². The van der Waals surface area contributed by atoms with E-state index < -0.39 is 12.0 Å². The molecule has 25 heavy (non-hydrogen) atoms. The number of hydrogen-bond acceptors (Lipinski definition) is 3. The van der Waals surface area contributed by atoms with E-state index >= 15 is 0 Å². The SMILES string of the molecule is COc1ccc(CCC(=O)N2CCc3ccccc3C2C(=O)O)cc1. The van der Waals surface area contributed by atoms with E-state index in [9.17, 15) is 14.7 Å². The summed E-state index contributed by atoms with van der Waals surface area (Å²) in [5, 5.41) is 9.64. The number of fused-ring (bicyclic) bond motifs is 1. The highest BCUT2D eigenvalue weighted by atomic mass is 16.5. The van der Waals surface area contributed by atoms with Crippen LogP contribution in [0.4, 0.5) is 0 Å². The van der Waals surface area contributed by atoms with Crippen molar-refractivity contribution in [3.8, 4) is 5.75 Å². The Morgan fingerprint density at radius 1 is 1.16 bits per heavy atom. The molecule has 1 amide bonds. The molecule has 0 radical (unpaired) electrons. The summed E-state index contributed by atoms with van der Waals surface area (Å²) in [6.07, 6.45) is 1.56. The van der Waals surface area contributed by atoms with Crippen molar-refractivity contribution < 1.29 is 19.4 Å². The van der Waals surface area contributed by atoms with Gasteiger partial charge >= 0.3 is 5.97 Å². The lowest BCUT2D eigenvalue weighted by molar-refractivity contribution is -0.151. The normalized spacial score (nSPS) is 16.2. The summed E-state index contributed by atoms with van der Waals surface area (Å²) >= 11 is 0. The van der Waals surface area contributed by atoms with Crippen LogP contribution < -0.4 is 4.74 Å². The summed E-state index contributed by atoms with van der Waals surface area (Å²) in [5.74, 6) is -0.337. The van der Waals surface area contributed by atoms with E-state index in [1.165, 1.54) is 4.90 Å². The molecule has 0 spiro atoms. The molecule has 2 aromatic rings. The van der Waals surface area contributed by atoms with Crippen LogP contribution in [0.5, 0.6) is 5.75 Å². The quantitative estimate of drug-likeness (QED) is 0.910. The van der Waals surface area contributed by atoms with Gasteiger partial charge in [0.15, 0.2) is 6.04 Å². The highest BCUT2D eigenvalue weighted by Gasteiger charge is 2.35. The molecule has 3 rings (SSSR count). The molecule has 2 aromatic carbocycles. The summed E-state index contributed by atoms with van der Waals surface area (Å²) in [4.78, 5) is 25.9. The predicted molar refractivity (Wildman–Crippen MR) is 93.6 cm³/mol. The van der Waals surface area contributed by atoms with Gasteiger partial charge in [-0.2, -0.15) is 0 Å². The van der Waals surface area contributed by atoms with Crippen molar-refractivity contribution in [3.63, 3.8) is 0 Å². The van der Waals surface area contributed by atoms with Crippen LogP contribution in [0.3, 0.4) is 0 Å². The van der Waals surface area contributed by atoms with Crippen LogP contribution in [-0.2, 0) is 22.4 Å². The second kappa shape index (κ2) is 7.38. The van der Waals surface area contributed by atoms with Crippen LogP contribution in [0, 0.1) is 0 Å². The Balaban J connectivity index is 1.71. The highest BCUT2D eigenvalue weighted by molar-refractivity contribution is 5.85. The summed E-state index contributed by atoms with van der Waals surface area (Å²) in [6.45, 7) is 0.440. The van der Waals surface area contributed by atoms with Crippen LogP contribution in [0.15, 0.2) is 48.5 Å². The fraction of sp³-hybridized carbons (Fsp3) is 0.300. The maximum absolute atomic E-state index is 12.7. The number of carboxylic acids is 1. The molecule has 5 nitrogen and oxygen atoms in total. The van der Waals surface area contributed by atoms with Crippen molar-refractivity contribution in [2.75, 3.05) is 13.7 Å². The number of methoxy groups -OCH3 is 1. The first-order chi connectivity index (χ1) is 12.1. The third-order valence-corrected chi connectivity index (χ3v) is 4.62. The van der Waals surface area contributed by atoms with Crippen molar-refractivity contribution in [2.24, 2.45) is 0 Å². The Bertz CT molecular complexity index is 770. The molecule has 1 heterocycles. The van der Waals surface area contributed by atoms with E-state index in [4.69, 9.17) is 4.74 Å². The minimum absolute atomic E-state index is 0.127. The molecule has 1 unspecified atom stereocenters. The molecule has 1 aliphatic heterocycles. The van der Waals surface area contributed by atoms with E-state index in [2.05, 4.69) is 0 Å². The zero-order valence-electron chi connectivity index (χ0n) is 14.1. The van der Waals surface area contributed by atoms with E-state index in [-0.39, 0.29) is 12.3 Å². The van der Waals surface area contributed by atoms with Crippen LogP contribution in [0.1, 0.15) is 29.2 Å². The Morgan fingerprint density at radius 3 is 2.56 bits per heavy atom. The number of aryl methyl sites for hydroxylation is 1. The number of amides is 1. The van der Waals surface area contributed by atoms with Crippen molar-refractivity contribution >= 4 is 11.9 Å². The first-order valence-corrected chi connectivity index (χ1v) is 8.33. The Kier molecular flexibility index (Phi) is 5.03. The topological polar surface area (TPSA) is 66.8 Å². The predicted octanol–water partition coefficient (Wildman–Crippen LogP) is 2.84. The average Bonchev–Trinajstić information content (AvgIpc) is 2.65. The second-order valence-corrected chi connectivity index (χ2v) is 6.12. The zero-order chi connectivity index (χ0) is 17.8. The van der Waals surface area contributed by atoms with Crippen molar-refractivity contribution in [3.05, 3.63) is 65.2 Å². The first kappa shape index (κ1) is 17.0. The van der Waals surface area contributed by atoms with Crippen LogP contribution >= 0.6 is 0 Å². The summed E-state index contributed by atoms with van der Waals surface area (Å²) in [5.41, 5.74) is 2.76. The molecule has 0 aliphatic carbocycles. The molecule has 5 heteroatoms. The zero-order valence-corrected chi connectivity index (χ0v) is 14.1. The molecule has 0 aromatic heterocycles. The van der Waals surface area contributed by atoms with Gasteiger partial charge in [0.1, 0.15) is 5.75 Å². The lowest BCUT2D eigenvalue weighted by Gasteiger charge is -2.34. The molecule has 0 fully saturated rings. The molecular weight excluding hydrogens is 318 g/mol. The average molecular weight is 339 g/mol. The van der Waals surface area contributed by atoms with Crippen LogP contribution in [0.25, 0.3) is 0 Å². The Morgan fingerprint density at radius 2 is 1.88 bits per heavy atom. The van der Waals surface area contributed by atoms with Gasteiger partial charge in [-0.25, -0.2) is 4.79 Å². The summed E-state index contributed by atoms with van der Waals surface area (Å²) in [6, 6.07) is 14.1. The number of rotatable bonds is 5. The monoisotopic (exact) mass is 339 g/mol. The van der Waals surface area contributed by atoms with E-state index in [1.54, 1.807) is 13.2 Å². The number of carboxylic acid groups (broad SMARTS) is 1. The summed E-state index contributed by atoms with van der Waals surface area (Å²) in [7, 11) is 1.61. The molecule has 1 aliphatic rings. The lowest BCUT2D eigenvalue weighted by Crippen LogP contribution is -2.43. The fourth-order valence-electron chi connectivity index (χ4n) is 3.29. The van der Waals surface area contributed by atoms with Crippen LogP contribution in [0.2, 0.25) is 0 Å². The molecule has 0 saturated heterocycles. The molecule has 1 N–H and O–H groups in total. The van der Waals surface area contributed by atoms with Gasteiger partial charge in [-0.05, 0) is 41.7 Å². The second-order valence-electron chi connectivity index (χ2n) is 6.12. The molecule has 130 valence electrons. The minimum atomic E-state index is -0.982. The van der Waals surface area contributed by atoms with Gasteiger partial charge in [0.05, 0.1) is 7.11 Å². The molecular formula is C20H21NO4. The number of carbonyl (C=O) groups excluding carboxylic acids is 1. The van der Waals surface area contributed by atoms with Crippen molar-refractivity contribution in [2.45, 2.75) is 25.3 Å². The van der Waals surface area contributed by atoms with E-state index in [0.717, 1.165) is 22.4 Å². The first-order valence-electron chi connectivity index (χ1n) is 8.33. The van der Waals surface area contributed by atoms with E-state index in [0.29, 0.717) is 19.4 Å². The van der Waals surface area contributed by atoms with Gasteiger partial charge in [-0.15, -0.1) is 0 Å². The largest absolute Gasteiger partial charge is 0.497 e. The van der Waals surface area contributed by atoms with Gasteiger partial charge in [0.25, 0.3) is 0 Å². The number of hydrogen-bond donors (Lipinski definition) is 1. The van der Waals surface area contributed by atoms with E-state index in [1.807, 2.05) is 42.5 Å². The number of ether oxygens (including phenoxy) is 1. The van der Waals surface area contributed by atoms with Gasteiger partial charge < -0.3 is 14.7 Å². The van der Waals surface area contributed by atoms with Crippen molar-refractivity contribution in [1.82, 2.24) is 4.90 Å². The third kappa shape index (κ3) is 3.65. The number of aliphatic carboxylic acids is 1. The molecule has 0 saturated carbocycles. The van der Waals surface area contributed by atoms with Gasteiger partial charge in [-0.3, -0.25) is 4.79 Å². The van der Waals surface area contributed by atoms with Gasteiger partial charge in [0.2, 0.25) is 5.91 Å². The summed E-state index contributed by atoms with van der Waals surface area (Å²) < 4.78 is 5.12. The molecule has 0 bridgehead atoms. The Labute approximate surface area is 146 Å². The third-order valence-electron chi connectivity index (χ3n) is 4.62. The van der Waals surface area contributed by atoms with Crippen molar-refractivity contribution in [1.29, 1.82) is 0 Å². The van der Waals surface area contributed by atoms with Crippen LogP contribution in [-0.4, -0.2) is 35.5 Å². The molecule has 1 atom stereocenters. The maximum atomic E-state index is 12.7. The Hall–Kier alpha value is -2.82. The maximum Gasteiger partial charge on any atom is 0.331 e.